The third kappa shape index (κ3) is 2.68. The fraction of sp³-hybridized carbons (Fsp3) is 0.0435. The molecule has 1 unspecified atom stereocenters. The lowest BCUT2D eigenvalue weighted by atomic mass is 9.88. The van der Waals surface area contributed by atoms with E-state index >= 15 is 0 Å². The summed E-state index contributed by atoms with van der Waals surface area (Å²) in [4.78, 5) is 38.2. The fourth-order valence-corrected chi connectivity index (χ4v) is 3.91. The van der Waals surface area contributed by atoms with Gasteiger partial charge in [0.2, 0.25) is 5.78 Å². The van der Waals surface area contributed by atoms with Crippen LogP contribution in [0, 0.1) is 10.1 Å². The summed E-state index contributed by atoms with van der Waals surface area (Å²) in [5.74, 6) is -0.451. The van der Waals surface area contributed by atoms with E-state index in [1.807, 2.05) is 24.3 Å². The Morgan fingerprint density at radius 1 is 0.867 bits per heavy atom. The molecule has 7 nitrogen and oxygen atoms in total. The number of fused-ring (bicyclic) bond motifs is 4. The van der Waals surface area contributed by atoms with Crippen molar-refractivity contribution in [3.63, 3.8) is 0 Å². The standard InChI is InChI=1S/C23H15N3O4/c27-22-16-5-1-2-6-17(16)23(28)25-20-8-4-3-7-18(20)19(13-21(22)25)24-14-9-11-15(12-10-14)26(29)30/h1-13,19,24H. The smallest absolute Gasteiger partial charge is 0.269 e. The lowest BCUT2D eigenvalue weighted by molar-refractivity contribution is -0.384. The second-order valence-electron chi connectivity index (χ2n) is 7.05. The lowest BCUT2D eigenvalue weighted by Gasteiger charge is -2.37. The number of nitro benzene ring substituents is 1. The molecule has 3 aromatic rings. The molecule has 146 valence electrons. The van der Waals surface area contributed by atoms with E-state index in [4.69, 9.17) is 0 Å². The quantitative estimate of drug-likeness (QED) is 0.519. The molecule has 0 radical (unpaired) electrons. The molecule has 5 rings (SSSR count). The molecule has 2 aliphatic heterocycles. The van der Waals surface area contributed by atoms with E-state index in [0.717, 1.165) is 5.56 Å². The average Bonchev–Trinajstić information content (AvgIpc) is 2.77. The molecule has 2 aliphatic rings. The van der Waals surface area contributed by atoms with E-state index in [-0.39, 0.29) is 23.4 Å². The summed E-state index contributed by atoms with van der Waals surface area (Å²) in [5.41, 5.74) is 3.22. The highest BCUT2D eigenvalue weighted by molar-refractivity contribution is 6.28. The van der Waals surface area contributed by atoms with Gasteiger partial charge in [0.1, 0.15) is 0 Å². The van der Waals surface area contributed by atoms with Crippen LogP contribution in [-0.2, 0) is 0 Å². The van der Waals surface area contributed by atoms with Crippen LogP contribution in [0.2, 0.25) is 0 Å². The first-order chi connectivity index (χ1) is 14.5. The van der Waals surface area contributed by atoms with Gasteiger partial charge in [0.05, 0.1) is 27.9 Å². The number of nitro groups is 1. The summed E-state index contributed by atoms with van der Waals surface area (Å²) in [5, 5.41) is 14.2. The van der Waals surface area contributed by atoms with E-state index in [1.165, 1.54) is 17.0 Å². The van der Waals surface area contributed by atoms with Crippen LogP contribution in [0.1, 0.15) is 32.3 Å². The second kappa shape index (κ2) is 6.66. The fourth-order valence-electron chi connectivity index (χ4n) is 3.91. The Labute approximate surface area is 171 Å². The number of anilines is 2. The minimum atomic E-state index is -0.455. The number of hydrogen-bond acceptors (Lipinski definition) is 5. The van der Waals surface area contributed by atoms with Gasteiger partial charge in [-0.25, -0.2) is 0 Å². The van der Waals surface area contributed by atoms with Crippen molar-refractivity contribution < 1.29 is 14.5 Å². The zero-order chi connectivity index (χ0) is 20.8. The molecule has 1 amide bonds. The Morgan fingerprint density at radius 3 is 2.27 bits per heavy atom. The maximum atomic E-state index is 13.2. The highest BCUT2D eigenvalue weighted by Crippen LogP contribution is 2.41. The Balaban J connectivity index is 1.60. The van der Waals surface area contributed by atoms with E-state index in [2.05, 4.69) is 5.32 Å². The molecule has 30 heavy (non-hydrogen) atoms. The van der Waals surface area contributed by atoms with E-state index in [9.17, 15) is 19.7 Å². The lowest BCUT2D eigenvalue weighted by Crippen LogP contribution is -2.42. The normalized spacial score (nSPS) is 16.9. The van der Waals surface area contributed by atoms with Crippen LogP contribution in [0.25, 0.3) is 0 Å². The van der Waals surface area contributed by atoms with Gasteiger partial charge in [0, 0.05) is 28.9 Å². The Kier molecular flexibility index (Phi) is 3.96. The molecule has 0 saturated carbocycles. The maximum Gasteiger partial charge on any atom is 0.269 e. The minimum absolute atomic E-state index is 0.00112. The zero-order valence-electron chi connectivity index (χ0n) is 15.6. The van der Waals surface area contributed by atoms with E-state index < -0.39 is 4.92 Å². The summed E-state index contributed by atoms with van der Waals surface area (Å²) in [6.45, 7) is 0. The third-order valence-corrected chi connectivity index (χ3v) is 5.32. The van der Waals surface area contributed by atoms with Gasteiger partial charge < -0.3 is 5.32 Å². The zero-order valence-corrected chi connectivity index (χ0v) is 15.6. The first-order valence-electron chi connectivity index (χ1n) is 9.34. The van der Waals surface area contributed by atoms with Gasteiger partial charge in [0.25, 0.3) is 11.6 Å². The molecule has 0 fully saturated rings. The van der Waals surface area contributed by atoms with Gasteiger partial charge in [-0.3, -0.25) is 24.6 Å². The van der Waals surface area contributed by atoms with Crippen molar-refractivity contribution in [2.45, 2.75) is 6.04 Å². The largest absolute Gasteiger partial charge is 0.375 e. The van der Waals surface area contributed by atoms with Crippen molar-refractivity contribution in [3.05, 3.63) is 111 Å². The van der Waals surface area contributed by atoms with Crippen LogP contribution in [0.4, 0.5) is 17.1 Å². The highest BCUT2D eigenvalue weighted by Gasteiger charge is 2.39. The van der Waals surface area contributed by atoms with Crippen molar-refractivity contribution in [2.24, 2.45) is 0 Å². The number of nitrogens with zero attached hydrogens (tertiary/aromatic N) is 2. The van der Waals surface area contributed by atoms with Crippen molar-refractivity contribution in [2.75, 3.05) is 10.2 Å². The molecule has 1 N–H and O–H groups in total. The number of rotatable bonds is 3. The predicted octanol–water partition coefficient (Wildman–Crippen LogP) is 4.49. The number of non-ortho nitro benzene ring substituents is 1. The number of allylic oxidation sites excluding steroid dienone is 1. The first-order valence-corrected chi connectivity index (χ1v) is 9.34. The molecular formula is C23H15N3O4. The van der Waals surface area contributed by atoms with Gasteiger partial charge in [-0.2, -0.15) is 0 Å². The van der Waals surface area contributed by atoms with E-state index in [1.54, 1.807) is 42.5 Å². The number of carbonyl (C=O) groups is 2. The van der Waals surface area contributed by atoms with Gasteiger partial charge in [0.15, 0.2) is 0 Å². The van der Waals surface area contributed by atoms with Gasteiger partial charge in [-0.15, -0.1) is 0 Å². The number of Topliss-reactive ketones (excluding diaryl/α,β-unsaturated/α-hetero) is 1. The summed E-state index contributed by atoms with van der Waals surface area (Å²) in [6.07, 6.45) is 1.74. The van der Waals surface area contributed by atoms with Crippen molar-refractivity contribution in [1.82, 2.24) is 0 Å². The van der Waals surface area contributed by atoms with Crippen molar-refractivity contribution in [3.8, 4) is 0 Å². The van der Waals surface area contributed by atoms with Crippen molar-refractivity contribution >= 4 is 28.8 Å². The van der Waals surface area contributed by atoms with Gasteiger partial charge in [-0.1, -0.05) is 36.4 Å². The minimum Gasteiger partial charge on any atom is -0.375 e. The van der Waals surface area contributed by atoms with Crippen LogP contribution >= 0.6 is 0 Å². The summed E-state index contributed by atoms with van der Waals surface area (Å²) in [7, 11) is 0. The molecule has 2 heterocycles. The van der Waals surface area contributed by atoms with Crippen molar-refractivity contribution in [1.29, 1.82) is 0 Å². The average molecular weight is 397 g/mol. The van der Waals surface area contributed by atoms with Crippen LogP contribution in [0.15, 0.2) is 84.6 Å². The Bertz CT molecular complexity index is 1250. The molecule has 3 aromatic carbocycles. The second-order valence-corrected chi connectivity index (χ2v) is 7.05. The predicted molar refractivity (Wildman–Crippen MR) is 112 cm³/mol. The molecular weight excluding hydrogens is 382 g/mol. The highest BCUT2D eigenvalue weighted by atomic mass is 16.6. The van der Waals surface area contributed by atoms with Crippen LogP contribution < -0.4 is 10.2 Å². The maximum absolute atomic E-state index is 13.2. The van der Waals surface area contributed by atoms with Gasteiger partial charge >= 0.3 is 0 Å². The number of carbonyl (C=O) groups excluding carboxylic acids is 2. The summed E-state index contributed by atoms with van der Waals surface area (Å²) in [6, 6.07) is 19.9. The molecule has 7 heteroatoms. The molecule has 0 bridgehead atoms. The number of ketones is 1. The van der Waals surface area contributed by atoms with Crippen LogP contribution in [-0.4, -0.2) is 16.6 Å². The summed E-state index contributed by atoms with van der Waals surface area (Å²) < 4.78 is 0. The third-order valence-electron chi connectivity index (χ3n) is 5.32. The molecule has 0 aliphatic carbocycles. The first kappa shape index (κ1) is 17.8. The molecule has 0 saturated heterocycles. The number of benzene rings is 3. The van der Waals surface area contributed by atoms with Gasteiger partial charge in [-0.05, 0) is 30.3 Å². The van der Waals surface area contributed by atoms with E-state index in [0.29, 0.717) is 28.2 Å². The molecule has 0 spiro atoms. The Morgan fingerprint density at radius 2 is 1.53 bits per heavy atom. The monoisotopic (exact) mass is 397 g/mol. The number of nitrogens with one attached hydrogen (secondary N) is 1. The number of hydrogen-bond donors (Lipinski definition) is 1. The SMILES string of the molecule is O=C1C2=CC(Nc3ccc([N+](=O)[O-])cc3)c3ccccc3N2C(=O)c2ccccc21. The van der Waals surface area contributed by atoms with Crippen LogP contribution in [0.3, 0.4) is 0 Å². The number of para-hydroxylation sites is 1. The summed E-state index contributed by atoms with van der Waals surface area (Å²) >= 11 is 0. The number of amides is 1. The molecule has 0 aromatic heterocycles. The van der Waals surface area contributed by atoms with Crippen LogP contribution in [0.5, 0.6) is 0 Å². The Hall–Kier alpha value is -4.26. The molecule has 1 atom stereocenters. The topological polar surface area (TPSA) is 92.5 Å².